The molecular formula is C14H17N3O4. The number of carboxylic acids is 1. The second-order valence-corrected chi connectivity index (χ2v) is 5.14. The van der Waals surface area contributed by atoms with Gasteiger partial charge in [-0.05, 0) is 25.5 Å². The summed E-state index contributed by atoms with van der Waals surface area (Å²) in [6.07, 6.45) is 7.23. The molecule has 2 N–H and O–H groups in total. The zero-order chi connectivity index (χ0) is 15.5. The van der Waals surface area contributed by atoms with Crippen LogP contribution in [-0.4, -0.2) is 45.7 Å². The molecule has 2 amide bonds. The van der Waals surface area contributed by atoms with E-state index in [4.69, 9.17) is 5.11 Å². The second-order valence-electron chi connectivity index (χ2n) is 5.14. The third-order valence-electron chi connectivity index (χ3n) is 3.45. The van der Waals surface area contributed by atoms with Crippen LogP contribution in [0, 0.1) is 0 Å². The number of fused-ring (bicyclic) bond motifs is 1. The van der Waals surface area contributed by atoms with E-state index in [9.17, 15) is 14.4 Å². The number of aliphatic carboxylic acids is 1. The smallest absolute Gasteiger partial charge is 0.303 e. The fourth-order valence-electron chi connectivity index (χ4n) is 2.31. The lowest BCUT2D eigenvalue weighted by molar-refractivity contribution is -0.137. The maximum Gasteiger partial charge on any atom is 0.303 e. The molecule has 0 aliphatic carbocycles. The molecule has 0 aromatic carbocycles. The minimum atomic E-state index is -1.04. The average Bonchev–Trinajstić information content (AvgIpc) is 2.43. The maximum absolute atomic E-state index is 12.4. The van der Waals surface area contributed by atoms with E-state index in [1.54, 1.807) is 36.3 Å². The van der Waals surface area contributed by atoms with Crippen LogP contribution in [0.1, 0.15) is 26.2 Å². The Labute approximate surface area is 122 Å². The molecule has 1 unspecified atom stereocenters. The number of nitrogens with one attached hydrogen (secondary N) is 1. The monoisotopic (exact) mass is 291 g/mol. The van der Waals surface area contributed by atoms with Gasteiger partial charge in [-0.15, -0.1) is 0 Å². The largest absolute Gasteiger partial charge is 0.481 e. The first kappa shape index (κ1) is 15.0. The number of rotatable bonds is 5. The summed E-state index contributed by atoms with van der Waals surface area (Å²) in [6.45, 7) is 1.93. The van der Waals surface area contributed by atoms with Crippen molar-refractivity contribution >= 4 is 23.6 Å². The highest BCUT2D eigenvalue weighted by molar-refractivity contribution is 6.09. The normalized spacial score (nSPS) is 23.6. The first-order valence-corrected chi connectivity index (χ1v) is 6.69. The molecule has 112 valence electrons. The van der Waals surface area contributed by atoms with E-state index in [0.717, 1.165) is 0 Å². The quantitative estimate of drug-likeness (QED) is 0.716. The van der Waals surface area contributed by atoms with Crippen LogP contribution >= 0.6 is 0 Å². The molecule has 0 spiro atoms. The first-order valence-electron chi connectivity index (χ1n) is 6.69. The third kappa shape index (κ3) is 3.18. The van der Waals surface area contributed by atoms with E-state index in [1.807, 2.05) is 0 Å². The molecule has 21 heavy (non-hydrogen) atoms. The fourth-order valence-corrected chi connectivity index (χ4v) is 2.31. The van der Waals surface area contributed by atoms with Crippen molar-refractivity contribution in [2.24, 2.45) is 4.99 Å². The van der Waals surface area contributed by atoms with E-state index in [2.05, 4.69) is 10.3 Å². The number of carboxylic acid groups (broad SMARTS) is 1. The molecule has 7 nitrogen and oxygen atoms in total. The minimum absolute atomic E-state index is 0.00497. The number of hydrogen-bond donors (Lipinski definition) is 2. The molecule has 0 aromatic rings. The summed E-state index contributed by atoms with van der Waals surface area (Å²) in [7, 11) is 0. The van der Waals surface area contributed by atoms with E-state index >= 15 is 0 Å². The molecule has 0 bridgehead atoms. The van der Waals surface area contributed by atoms with Crippen molar-refractivity contribution in [2.45, 2.75) is 31.7 Å². The Kier molecular flexibility index (Phi) is 4.21. The molecule has 2 rings (SSSR count). The molecular weight excluding hydrogens is 274 g/mol. The summed E-state index contributed by atoms with van der Waals surface area (Å²) in [4.78, 5) is 40.1. The Hall–Kier alpha value is -2.44. The van der Waals surface area contributed by atoms with Crippen LogP contribution in [0.15, 0.2) is 29.4 Å². The number of carbonyl (C=O) groups excluding carboxylic acids is 2. The molecule has 0 fully saturated rings. The molecule has 1 atom stereocenters. The fraction of sp³-hybridized carbons (Fsp3) is 0.429. The van der Waals surface area contributed by atoms with Gasteiger partial charge in [-0.3, -0.25) is 14.4 Å². The number of allylic oxidation sites excluding steroid dienone is 2. The standard InChI is InChI=1S/C14H17N3O4/c1-14(13(21)15-7-4-6-12(19)20)9-11(18)16-10-5-2-3-8-17(10)14/h2-3,5,8H,4,6-7,9H2,1H3,(H,15,21)(H,19,20). The first-order chi connectivity index (χ1) is 9.93. The number of amides is 2. The third-order valence-corrected chi connectivity index (χ3v) is 3.45. The van der Waals surface area contributed by atoms with Gasteiger partial charge in [-0.25, -0.2) is 0 Å². The summed E-state index contributed by atoms with van der Waals surface area (Å²) in [5.74, 6) is -1.11. The highest BCUT2D eigenvalue weighted by Crippen LogP contribution is 2.27. The predicted molar refractivity (Wildman–Crippen MR) is 75.5 cm³/mol. The molecule has 2 heterocycles. The van der Waals surface area contributed by atoms with Crippen LogP contribution in [-0.2, 0) is 14.4 Å². The Morgan fingerprint density at radius 3 is 2.95 bits per heavy atom. The Bertz CT molecular complexity index is 565. The van der Waals surface area contributed by atoms with Crippen LogP contribution in [0.4, 0.5) is 0 Å². The van der Waals surface area contributed by atoms with Gasteiger partial charge in [0.1, 0.15) is 11.4 Å². The van der Waals surface area contributed by atoms with Crippen LogP contribution in [0.3, 0.4) is 0 Å². The highest BCUT2D eigenvalue weighted by Gasteiger charge is 2.44. The summed E-state index contributed by atoms with van der Waals surface area (Å²) in [5, 5.41) is 11.3. The summed E-state index contributed by atoms with van der Waals surface area (Å²) in [5.41, 5.74) is -1.04. The van der Waals surface area contributed by atoms with Crippen molar-refractivity contribution in [1.29, 1.82) is 0 Å². The zero-order valence-corrected chi connectivity index (χ0v) is 11.7. The molecule has 2 aliphatic heterocycles. The van der Waals surface area contributed by atoms with Gasteiger partial charge in [0.2, 0.25) is 5.91 Å². The van der Waals surface area contributed by atoms with Crippen molar-refractivity contribution in [3.8, 4) is 0 Å². The van der Waals surface area contributed by atoms with Gasteiger partial charge in [0.25, 0.3) is 5.91 Å². The van der Waals surface area contributed by atoms with E-state index in [-0.39, 0.29) is 31.2 Å². The van der Waals surface area contributed by atoms with Crippen LogP contribution in [0.5, 0.6) is 0 Å². The molecule has 0 radical (unpaired) electrons. The van der Waals surface area contributed by atoms with Gasteiger partial charge < -0.3 is 15.3 Å². The SMILES string of the molecule is CC1(C(=O)NCCCC(=O)O)CC(=O)N=C2C=CC=CN21. The summed E-state index contributed by atoms with van der Waals surface area (Å²) < 4.78 is 0. The zero-order valence-electron chi connectivity index (χ0n) is 11.7. The van der Waals surface area contributed by atoms with Crippen molar-refractivity contribution < 1.29 is 19.5 Å². The number of carbonyl (C=O) groups is 3. The summed E-state index contributed by atoms with van der Waals surface area (Å²) >= 11 is 0. The van der Waals surface area contributed by atoms with Crippen LogP contribution in [0.2, 0.25) is 0 Å². The van der Waals surface area contributed by atoms with Crippen molar-refractivity contribution in [3.63, 3.8) is 0 Å². The number of amidine groups is 1. The predicted octanol–water partition coefficient (Wildman–Crippen LogP) is 0.440. The van der Waals surface area contributed by atoms with Crippen molar-refractivity contribution in [3.05, 3.63) is 24.4 Å². The Morgan fingerprint density at radius 1 is 1.48 bits per heavy atom. The van der Waals surface area contributed by atoms with Gasteiger partial charge in [-0.1, -0.05) is 6.08 Å². The van der Waals surface area contributed by atoms with Gasteiger partial charge >= 0.3 is 5.97 Å². The molecule has 2 aliphatic rings. The van der Waals surface area contributed by atoms with Crippen LogP contribution < -0.4 is 5.32 Å². The second kappa shape index (κ2) is 5.90. The number of hydrogen-bond acceptors (Lipinski definition) is 4. The minimum Gasteiger partial charge on any atom is -0.481 e. The Morgan fingerprint density at radius 2 is 2.24 bits per heavy atom. The van der Waals surface area contributed by atoms with E-state index in [1.165, 1.54) is 0 Å². The lowest BCUT2D eigenvalue weighted by atomic mass is 9.91. The van der Waals surface area contributed by atoms with Crippen molar-refractivity contribution in [1.82, 2.24) is 10.2 Å². The molecule has 0 saturated heterocycles. The molecule has 7 heteroatoms. The van der Waals surface area contributed by atoms with Gasteiger partial charge in [0.15, 0.2) is 0 Å². The van der Waals surface area contributed by atoms with E-state index < -0.39 is 11.5 Å². The molecule has 0 saturated carbocycles. The topological polar surface area (TPSA) is 99.1 Å². The van der Waals surface area contributed by atoms with Gasteiger partial charge in [0.05, 0.1) is 6.42 Å². The number of nitrogens with zero attached hydrogens (tertiary/aromatic N) is 2. The Balaban J connectivity index is 2.06. The van der Waals surface area contributed by atoms with Gasteiger partial charge in [0, 0.05) is 19.2 Å². The average molecular weight is 291 g/mol. The maximum atomic E-state index is 12.4. The lowest BCUT2D eigenvalue weighted by Gasteiger charge is -2.41. The number of aliphatic imine (C=N–C) groups is 1. The molecule has 0 aromatic heterocycles. The lowest BCUT2D eigenvalue weighted by Crippen LogP contribution is -2.60. The van der Waals surface area contributed by atoms with Gasteiger partial charge in [-0.2, -0.15) is 4.99 Å². The van der Waals surface area contributed by atoms with Crippen molar-refractivity contribution in [2.75, 3.05) is 6.54 Å². The highest BCUT2D eigenvalue weighted by atomic mass is 16.4. The van der Waals surface area contributed by atoms with E-state index in [0.29, 0.717) is 12.3 Å². The van der Waals surface area contributed by atoms with Crippen LogP contribution in [0.25, 0.3) is 0 Å². The summed E-state index contributed by atoms with van der Waals surface area (Å²) in [6, 6.07) is 0.